The summed E-state index contributed by atoms with van der Waals surface area (Å²) in [5.41, 5.74) is 2.08. The fourth-order valence-corrected chi connectivity index (χ4v) is 5.06. The number of benzene rings is 1. The first-order chi connectivity index (χ1) is 13.3. The minimum Gasteiger partial charge on any atom is -0.497 e. The molecule has 0 saturated carbocycles. The number of rotatable bonds is 7. The molecule has 1 aliphatic rings. The maximum atomic E-state index is 13.1. The molecule has 0 N–H and O–H groups in total. The summed E-state index contributed by atoms with van der Waals surface area (Å²) in [6, 6.07) is 9.46. The van der Waals surface area contributed by atoms with Crippen molar-refractivity contribution >= 4 is 27.3 Å². The van der Waals surface area contributed by atoms with Gasteiger partial charge in [-0.15, -0.1) is 17.9 Å². The third kappa shape index (κ3) is 4.29. The van der Waals surface area contributed by atoms with E-state index in [0.717, 1.165) is 33.9 Å². The summed E-state index contributed by atoms with van der Waals surface area (Å²) in [6.45, 7) is 4.05. The van der Waals surface area contributed by atoms with Crippen molar-refractivity contribution in [3.63, 3.8) is 0 Å². The van der Waals surface area contributed by atoms with Crippen molar-refractivity contribution in [2.24, 2.45) is 0 Å². The molecular weight excluding hydrogens is 396 g/mol. The molecule has 1 aromatic heterocycles. The molecule has 8 heteroatoms. The highest BCUT2D eigenvalue weighted by atomic mass is 32.2. The van der Waals surface area contributed by atoms with Gasteiger partial charge in [-0.2, -0.15) is 4.31 Å². The van der Waals surface area contributed by atoms with Crippen LogP contribution in [0.4, 0.5) is 0 Å². The van der Waals surface area contributed by atoms with Crippen LogP contribution < -0.4 is 4.74 Å². The Morgan fingerprint density at radius 2 is 2.07 bits per heavy atom. The lowest BCUT2D eigenvalue weighted by Crippen LogP contribution is -2.46. The predicted octanol–water partition coefficient (Wildman–Crippen LogP) is 2.68. The lowest BCUT2D eigenvalue weighted by molar-refractivity contribution is -0.133. The van der Waals surface area contributed by atoms with Crippen LogP contribution in [0.5, 0.6) is 5.75 Å². The van der Waals surface area contributed by atoms with E-state index in [2.05, 4.69) is 6.58 Å². The van der Waals surface area contributed by atoms with E-state index in [-0.39, 0.29) is 25.0 Å². The van der Waals surface area contributed by atoms with Gasteiger partial charge < -0.3 is 9.64 Å². The van der Waals surface area contributed by atoms with Gasteiger partial charge in [-0.3, -0.25) is 4.79 Å². The summed E-state index contributed by atoms with van der Waals surface area (Å²) in [4.78, 5) is 16.2. The van der Waals surface area contributed by atoms with Crippen LogP contribution in [0.2, 0.25) is 0 Å². The van der Waals surface area contributed by atoms with Gasteiger partial charge in [-0.05, 0) is 41.1 Å². The SMILES string of the molecule is C=CCN(CC(=O)N1CCc2sccc2[C@H]1c1ccc(OC)cc1)S(C)(=O)=O. The lowest BCUT2D eigenvalue weighted by Gasteiger charge is -2.37. The molecule has 0 radical (unpaired) electrons. The van der Waals surface area contributed by atoms with Crippen LogP contribution in [-0.4, -0.2) is 56.5 Å². The zero-order valence-corrected chi connectivity index (χ0v) is 17.6. The monoisotopic (exact) mass is 420 g/mol. The van der Waals surface area contributed by atoms with Crippen LogP contribution in [0.1, 0.15) is 22.0 Å². The molecule has 3 rings (SSSR count). The van der Waals surface area contributed by atoms with Crippen LogP contribution in [0, 0.1) is 0 Å². The molecule has 2 heterocycles. The van der Waals surface area contributed by atoms with Gasteiger partial charge in [0.1, 0.15) is 5.75 Å². The number of amides is 1. The Bertz CT molecular complexity index is 951. The molecule has 2 aromatic rings. The third-order valence-electron chi connectivity index (χ3n) is 4.83. The van der Waals surface area contributed by atoms with E-state index in [1.165, 1.54) is 11.0 Å². The molecule has 1 aliphatic heterocycles. The standard InChI is InChI=1S/C20H24N2O4S2/c1-4-11-21(28(3,24)25)14-19(23)22-12-9-18-17(10-13-27-18)20(22)15-5-7-16(26-2)8-6-15/h4-8,10,13,20H,1,9,11-12,14H2,2-3H3/t20-/m1/s1. The maximum absolute atomic E-state index is 13.1. The highest BCUT2D eigenvalue weighted by Gasteiger charge is 2.34. The summed E-state index contributed by atoms with van der Waals surface area (Å²) in [6.07, 6.45) is 3.37. The van der Waals surface area contributed by atoms with Gasteiger partial charge in [0.05, 0.1) is 26.0 Å². The van der Waals surface area contributed by atoms with Crippen LogP contribution in [-0.2, 0) is 21.2 Å². The summed E-state index contributed by atoms with van der Waals surface area (Å²) in [5.74, 6) is 0.530. The lowest BCUT2D eigenvalue weighted by atomic mass is 9.93. The van der Waals surface area contributed by atoms with Gasteiger partial charge in [0, 0.05) is 18.0 Å². The van der Waals surface area contributed by atoms with Crippen molar-refractivity contribution in [2.75, 3.05) is 33.0 Å². The van der Waals surface area contributed by atoms with E-state index >= 15 is 0 Å². The normalized spacial score (nSPS) is 16.7. The highest BCUT2D eigenvalue weighted by molar-refractivity contribution is 7.88. The van der Waals surface area contributed by atoms with Crippen LogP contribution >= 0.6 is 11.3 Å². The topological polar surface area (TPSA) is 66.9 Å². The minimum absolute atomic E-state index is 0.106. The van der Waals surface area contributed by atoms with E-state index in [9.17, 15) is 13.2 Å². The zero-order valence-electron chi connectivity index (χ0n) is 16.0. The van der Waals surface area contributed by atoms with Gasteiger partial charge >= 0.3 is 0 Å². The van der Waals surface area contributed by atoms with Crippen molar-refractivity contribution in [3.05, 3.63) is 64.4 Å². The number of sulfonamides is 1. The number of nitrogens with zero attached hydrogens (tertiary/aromatic N) is 2. The molecule has 0 aliphatic carbocycles. The van der Waals surface area contributed by atoms with E-state index in [1.807, 2.05) is 35.7 Å². The molecule has 28 heavy (non-hydrogen) atoms. The van der Waals surface area contributed by atoms with Gasteiger partial charge in [-0.1, -0.05) is 18.2 Å². The zero-order chi connectivity index (χ0) is 20.3. The Hall–Kier alpha value is -2.16. The molecule has 150 valence electrons. The van der Waals surface area contributed by atoms with Crippen LogP contribution in [0.25, 0.3) is 0 Å². The van der Waals surface area contributed by atoms with Crippen molar-refractivity contribution < 1.29 is 17.9 Å². The Kier molecular flexibility index (Phi) is 6.22. The Morgan fingerprint density at radius 1 is 1.36 bits per heavy atom. The summed E-state index contributed by atoms with van der Waals surface area (Å²) in [5, 5.41) is 2.04. The Morgan fingerprint density at radius 3 is 2.68 bits per heavy atom. The molecule has 1 amide bonds. The van der Waals surface area contributed by atoms with E-state index < -0.39 is 10.0 Å². The smallest absolute Gasteiger partial charge is 0.238 e. The van der Waals surface area contributed by atoms with Gasteiger partial charge in [0.15, 0.2) is 0 Å². The fourth-order valence-electron chi connectivity index (χ4n) is 3.43. The number of carbonyl (C=O) groups is 1. The fraction of sp³-hybridized carbons (Fsp3) is 0.350. The maximum Gasteiger partial charge on any atom is 0.238 e. The average Bonchev–Trinajstić information content (AvgIpc) is 3.15. The first kappa shape index (κ1) is 20.6. The first-order valence-electron chi connectivity index (χ1n) is 8.91. The average molecular weight is 421 g/mol. The highest BCUT2D eigenvalue weighted by Crippen LogP contribution is 2.38. The molecule has 1 aromatic carbocycles. The van der Waals surface area contributed by atoms with Crippen molar-refractivity contribution in [2.45, 2.75) is 12.5 Å². The molecule has 0 spiro atoms. The number of hydrogen-bond donors (Lipinski definition) is 0. The second-order valence-corrected chi connectivity index (χ2v) is 9.64. The minimum atomic E-state index is -3.50. The molecule has 0 fully saturated rings. The first-order valence-corrected chi connectivity index (χ1v) is 11.6. The number of carbonyl (C=O) groups excluding carboxylic acids is 1. The predicted molar refractivity (Wildman–Crippen MR) is 111 cm³/mol. The molecule has 1 atom stereocenters. The third-order valence-corrected chi connectivity index (χ3v) is 7.04. The molecular formula is C20H24N2O4S2. The van der Waals surface area contributed by atoms with E-state index in [1.54, 1.807) is 23.3 Å². The van der Waals surface area contributed by atoms with E-state index in [4.69, 9.17) is 4.74 Å². The van der Waals surface area contributed by atoms with Gasteiger partial charge in [0.25, 0.3) is 0 Å². The largest absolute Gasteiger partial charge is 0.497 e. The second kappa shape index (κ2) is 8.46. The molecule has 0 unspecified atom stereocenters. The van der Waals surface area contributed by atoms with Crippen LogP contribution in [0.15, 0.2) is 48.4 Å². The number of fused-ring (bicyclic) bond motifs is 1. The van der Waals surface area contributed by atoms with Crippen molar-refractivity contribution in [1.82, 2.24) is 9.21 Å². The number of ether oxygens (including phenoxy) is 1. The number of thiophene rings is 1. The van der Waals surface area contributed by atoms with E-state index in [0.29, 0.717) is 6.54 Å². The summed E-state index contributed by atoms with van der Waals surface area (Å²) in [7, 11) is -1.89. The summed E-state index contributed by atoms with van der Waals surface area (Å²) < 4.78 is 30.4. The Labute approximate surface area is 170 Å². The molecule has 0 saturated heterocycles. The molecule has 0 bridgehead atoms. The van der Waals surface area contributed by atoms with Crippen molar-refractivity contribution in [3.8, 4) is 5.75 Å². The van der Waals surface area contributed by atoms with Crippen molar-refractivity contribution in [1.29, 1.82) is 0 Å². The van der Waals surface area contributed by atoms with Gasteiger partial charge in [-0.25, -0.2) is 8.42 Å². The number of hydrogen-bond acceptors (Lipinski definition) is 5. The van der Waals surface area contributed by atoms with Gasteiger partial charge in [0.2, 0.25) is 15.9 Å². The van der Waals surface area contributed by atoms with Crippen LogP contribution in [0.3, 0.4) is 0 Å². The summed E-state index contributed by atoms with van der Waals surface area (Å²) >= 11 is 1.69. The quantitative estimate of drug-likeness (QED) is 0.646. The molecule has 6 nitrogen and oxygen atoms in total. The number of methoxy groups -OCH3 is 1. The Balaban J connectivity index is 1.93. The second-order valence-electron chi connectivity index (χ2n) is 6.66.